The summed E-state index contributed by atoms with van der Waals surface area (Å²) in [6.07, 6.45) is 2.19. The number of aromatic nitrogens is 2. The third kappa shape index (κ3) is 6.65. The van der Waals surface area contributed by atoms with Gasteiger partial charge in [0, 0.05) is 36.2 Å². The average molecular weight is 506 g/mol. The highest BCUT2D eigenvalue weighted by Gasteiger charge is 2.22. The molecule has 0 spiro atoms. The summed E-state index contributed by atoms with van der Waals surface area (Å²) >= 11 is 8.45. The molecule has 2 aromatic heterocycles. The first kappa shape index (κ1) is 24.9. The monoisotopic (exact) mass is 505 g/mol. The second kappa shape index (κ2) is 12.0. The van der Waals surface area contributed by atoms with E-state index in [9.17, 15) is 9.18 Å². The number of amides is 1. The number of thiazole rings is 1. The minimum absolute atomic E-state index is 0.0642. The summed E-state index contributed by atoms with van der Waals surface area (Å²) < 4.78 is 22.3. The molecule has 0 bridgehead atoms. The van der Waals surface area contributed by atoms with E-state index >= 15 is 0 Å². The largest absolute Gasteiger partial charge is 0.385 e. The molecule has 1 aromatic carbocycles. The fourth-order valence-corrected chi connectivity index (χ4v) is 4.51. The summed E-state index contributed by atoms with van der Waals surface area (Å²) in [7, 11) is 1.63. The topological polar surface area (TPSA) is 91.1 Å². The van der Waals surface area contributed by atoms with Gasteiger partial charge in [0.25, 0.3) is 5.91 Å². The van der Waals surface area contributed by atoms with Crippen LogP contribution in [0, 0.1) is 24.1 Å². The fraction of sp³-hybridized carbons (Fsp3) is 0.273. The normalized spacial score (nSPS) is 10.6. The number of hydrogen-bond acceptors (Lipinski definition) is 8. The number of nitriles is 1. The van der Waals surface area contributed by atoms with E-state index < -0.39 is 5.82 Å². The number of halogens is 2. The number of ether oxygens (including phenoxy) is 1. The molecule has 2 heterocycles. The third-order valence-corrected chi connectivity index (χ3v) is 6.51. The zero-order chi connectivity index (χ0) is 23.8. The molecule has 0 radical (unpaired) electrons. The van der Waals surface area contributed by atoms with Crippen molar-refractivity contribution in [1.82, 2.24) is 14.7 Å². The minimum Gasteiger partial charge on any atom is -0.385 e. The van der Waals surface area contributed by atoms with Gasteiger partial charge < -0.3 is 9.64 Å². The molecule has 0 saturated carbocycles. The highest BCUT2D eigenvalue weighted by atomic mass is 35.5. The Bertz CT molecular complexity index is 1150. The zero-order valence-electron chi connectivity index (χ0n) is 18.0. The number of nitrogens with zero attached hydrogens (tertiary/aromatic N) is 4. The van der Waals surface area contributed by atoms with Gasteiger partial charge in [-0.05, 0) is 43.7 Å². The molecule has 3 aromatic rings. The standard InChI is InChI=1S/C22H21ClFN5O2S2/c1-14-20(21(30)28-32-9-3-8-31-2)27-22(33-14)29(17-6-4-15(11-25)5-7-17)13-19-18(24)10-16(23)12-26-19/h4-7,10,12H,3,8-9,13H2,1-2H3,(H,28,30). The number of carbonyl (C=O) groups excluding carboxylic acids is 1. The van der Waals surface area contributed by atoms with Crippen LogP contribution >= 0.6 is 34.9 Å². The molecule has 0 atom stereocenters. The van der Waals surface area contributed by atoms with Crippen LogP contribution in [0.4, 0.5) is 15.2 Å². The Labute approximate surface area is 204 Å². The summed E-state index contributed by atoms with van der Waals surface area (Å²) in [4.78, 5) is 23.8. The number of hydrogen-bond donors (Lipinski definition) is 1. The number of benzene rings is 1. The molecule has 0 aliphatic carbocycles. The van der Waals surface area contributed by atoms with Crippen molar-refractivity contribution in [1.29, 1.82) is 5.26 Å². The molecular formula is C22H21ClFN5O2S2. The van der Waals surface area contributed by atoms with Crippen LogP contribution in [0.5, 0.6) is 0 Å². The molecule has 0 aliphatic rings. The number of nitrogens with one attached hydrogen (secondary N) is 1. The first-order valence-corrected chi connectivity index (χ1v) is 12.1. The van der Waals surface area contributed by atoms with E-state index in [-0.39, 0.29) is 23.2 Å². The summed E-state index contributed by atoms with van der Waals surface area (Å²) in [5, 5.41) is 9.81. The van der Waals surface area contributed by atoms with Crippen molar-refractivity contribution in [3.8, 4) is 6.07 Å². The van der Waals surface area contributed by atoms with Gasteiger partial charge in [0.15, 0.2) is 5.13 Å². The second-order valence-electron chi connectivity index (χ2n) is 6.85. The molecule has 1 amide bonds. The highest BCUT2D eigenvalue weighted by molar-refractivity contribution is 7.97. The van der Waals surface area contributed by atoms with Crippen LogP contribution in [0.25, 0.3) is 0 Å². The molecule has 33 heavy (non-hydrogen) atoms. The summed E-state index contributed by atoms with van der Waals surface area (Å²) in [5.41, 5.74) is 1.66. The van der Waals surface area contributed by atoms with Crippen molar-refractivity contribution in [3.63, 3.8) is 0 Å². The van der Waals surface area contributed by atoms with Gasteiger partial charge in [0.2, 0.25) is 0 Å². The Morgan fingerprint density at radius 1 is 1.39 bits per heavy atom. The number of carbonyl (C=O) groups is 1. The lowest BCUT2D eigenvalue weighted by Gasteiger charge is -2.22. The number of methoxy groups -OCH3 is 1. The van der Waals surface area contributed by atoms with E-state index in [1.807, 2.05) is 6.92 Å². The van der Waals surface area contributed by atoms with Gasteiger partial charge in [0.05, 0.1) is 28.9 Å². The van der Waals surface area contributed by atoms with E-state index in [1.165, 1.54) is 35.5 Å². The van der Waals surface area contributed by atoms with Gasteiger partial charge >= 0.3 is 0 Å². The van der Waals surface area contributed by atoms with E-state index in [2.05, 4.69) is 20.8 Å². The summed E-state index contributed by atoms with van der Waals surface area (Å²) in [6.45, 7) is 2.50. The van der Waals surface area contributed by atoms with Gasteiger partial charge in [0.1, 0.15) is 11.5 Å². The zero-order valence-corrected chi connectivity index (χ0v) is 20.4. The van der Waals surface area contributed by atoms with E-state index in [4.69, 9.17) is 21.6 Å². The van der Waals surface area contributed by atoms with Gasteiger partial charge in [-0.3, -0.25) is 14.5 Å². The average Bonchev–Trinajstić information content (AvgIpc) is 3.20. The van der Waals surface area contributed by atoms with Crippen molar-refractivity contribution in [2.75, 3.05) is 24.4 Å². The number of anilines is 2. The predicted octanol–water partition coefficient (Wildman–Crippen LogP) is 5.26. The molecule has 1 N–H and O–H groups in total. The molecular weight excluding hydrogens is 485 g/mol. The molecule has 0 fully saturated rings. The molecule has 0 unspecified atom stereocenters. The fourth-order valence-electron chi connectivity index (χ4n) is 2.84. The van der Waals surface area contributed by atoms with Gasteiger partial charge in [-0.25, -0.2) is 9.37 Å². The Balaban J connectivity index is 1.88. The second-order valence-corrected chi connectivity index (χ2v) is 9.37. The lowest BCUT2D eigenvalue weighted by Crippen LogP contribution is -2.20. The molecule has 3 rings (SSSR count). The van der Waals surface area contributed by atoms with E-state index in [1.54, 1.807) is 36.3 Å². The van der Waals surface area contributed by atoms with Crippen molar-refractivity contribution >= 4 is 51.6 Å². The summed E-state index contributed by atoms with van der Waals surface area (Å²) in [5.74, 6) is -0.123. The number of rotatable bonds is 10. The maximum Gasteiger partial charge on any atom is 0.280 e. The lowest BCUT2D eigenvalue weighted by atomic mass is 10.2. The highest BCUT2D eigenvalue weighted by Crippen LogP contribution is 2.33. The first-order valence-electron chi connectivity index (χ1n) is 9.89. The van der Waals surface area contributed by atoms with Gasteiger partial charge in [-0.1, -0.05) is 23.5 Å². The van der Waals surface area contributed by atoms with Crippen LogP contribution in [0.15, 0.2) is 36.5 Å². The predicted molar refractivity (Wildman–Crippen MR) is 129 cm³/mol. The van der Waals surface area contributed by atoms with Crippen LogP contribution in [0.2, 0.25) is 5.02 Å². The van der Waals surface area contributed by atoms with E-state index in [0.717, 1.165) is 11.3 Å². The van der Waals surface area contributed by atoms with Crippen molar-refractivity contribution < 1.29 is 13.9 Å². The van der Waals surface area contributed by atoms with Crippen LogP contribution < -0.4 is 9.62 Å². The molecule has 0 aliphatic heterocycles. The maximum absolute atomic E-state index is 14.5. The third-order valence-electron chi connectivity index (χ3n) is 4.49. The minimum atomic E-state index is -0.542. The van der Waals surface area contributed by atoms with Crippen LogP contribution in [-0.2, 0) is 11.3 Å². The van der Waals surface area contributed by atoms with Crippen LogP contribution in [-0.4, -0.2) is 35.3 Å². The Morgan fingerprint density at radius 2 is 2.15 bits per heavy atom. The van der Waals surface area contributed by atoms with Crippen molar-refractivity contribution in [2.24, 2.45) is 0 Å². The number of aryl methyl sites for hydroxylation is 1. The SMILES string of the molecule is COCCCSNC(=O)c1nc(N(Cc2ncc(Cl)cc2F)c2ccc(C#N)cc2)sc1C. The number of pyridine rings is 1. The van der Waals surface area contributed by atoms with Crippen LogP contribution in [0.1, 0.15) is 33.0 Å². The first-order chi connectivity index (χ1) is 15.9. The molecule has 7 nitrogen and oxygen atoms in total. The quantitative estimate of drug-likeness (QED) is 0.296. The van der Waals surface area contributed by atoms with Crippen molar-refractivity contribution in [2.45, 2.75) is 19.9 Å². The molecule has 11 heteroatoms. The van der Waals surface area contributed by atoms with Gasteiger partial charge in [-0.2, -0.15) is 5.26 Å². The Morgan fingerprint density at radius 3 is 2.82 bits per heavy atom. The van der Waals surface area contributed by atoms with Crippen molar-refractivity contribution in [3.05, 3.63) is 69.2 Å². The molecule has 172 valence electrons. The maximum atomic E-state index is 14.5. The Hall–Kier alpha value is -2.71. The smallest absolute Gasteiger partial charge is 0.280 e. The lowest BCUT2D eigenvalue weighted by molar-refractivity contribution is 0.0979. The summed E-state index contributed by atoms with van der Waals surface area (Å²) in [6, 6.07) is 10.1. The van der Waals surface area contributed by atoms with E-state index in [0.29, 0.717) is 34.4 Å². The van der Waals surface area contributed by atoms with Crippen LogP contribution in [0.3, 0.4) is 0 Å². The van der Waals surface area contributed by atoms with Gasteiger partial charge in [-0.15, -0.1) is 11.3 Å². The Kier molecular flexibility index (Phi) is 9.03. The molecule has 0 saturated heterocycles.